The molecule has 112 valence electrons. The van der Waals surface area contributed by atoms with Gasteiger partial charge in [-0.25, -0.2) is 0 Å². The molecule has 0 aliphatic heterocycles. The fourth-order valence-corrected chi connectivity index (χ4v) is 3.49. The SMILES string of the molecule is CCNC1C(N(C)CCc2ccncc2)CCC1(C)C. The van der Waals surface area contributed by atoms with Crippen molar-refractivity contribution in [2.45, 2.75) is 52.1 Å². The summed E-state index contributed by atoms with van der Waals surface area (Å²) in [6, 6.07) is 5.50. The maximum absolute atomic E-state index is 4.08. The summed E-state index contributed by atoms with van der Waals surface area (Å²) in [5.41, 5.74) is 1.79. The van der Waals surface area contributed by atoms with Gasteiger partial charge in [0.05, 0.1) is 0 Å². The number of nitrogens with zero attached hydrogens (tertiary/aromatic N) is 2. The Labute approximate surface area is 123 Å². The molecular weight excluding hydrogens is 246 g/mol. The van der Waals surface area contributed by atoms with Gasteiger partial charge < -0.3 is 10.2 Å². The summed E-state index contributed by atoms with van der Waals surface area (Å²) in [5.74, 6) is 0. The Morgan fingerprint density at radius 2 is 2.05 bits per heavy atom. The monoisotopic (exact) mass is 275 g/mol. The van der Waals surface area contributed by atoms with Crippen molar-refractivity contribution in [3.8, 4) is 0 Å². The highest BCUT2D eigenvalue weighted by atomic mass is 15.2. The van der Waals surface area contributed by atoms with Crippen molar-refractivity contribution in [2.75, 3.05) is 20.1 Å². The van der Waals surface area contributed by atoms with Crippen molar-refractivity contribution >= 4 is 0 Å². The van der Waals surface area contributed by atoms with E-state index in [9.17, 15) is 0 Å². The first kappa shape index (κ1) is 15.5. The number of likely N-dealkylation sites (N-methyl/N-ethyl adjacent to an activating group) is 2. The number of hydrogen-bond acceptors (Lipinski definition) is 3. The molecule has 2 unspecified atom stereocenters. The molecule has 3 nitrogen and oxygen atoms in total. The second-order valence-corrected chi connectivity index (χ2v) is 6.72. The van der Waals surface area contributed by atoms with E-state index in [0.717, 1.165) is 19.5 Å². The molecule has 0 saturated heterocycles. The predicted molar refractivity (Wildman–Crippen MR) is 84.8 cm³/mol. The highest BCUT2D eigenvalue weighted by Gasteiger charge is 2.42. The molecule has 1 aliphatic rings. The standard InChI is InChI=1S/C17H29N3/c1-5-19-16-15(6-10-17(16,2)3)20(4)13-9-14-7-11-18-12-8-14/h7-8,11-12,15-16,19H,5-6,9-10,13H2,1-4H3. The molecule has 0 spiro atoms. The average Bonchev–Trinajstić information content (AvgIpc) is 2.74. The summed E-state index contributed by atoms with van der Waals surface area (Å²) >= 11 is 0. The van der Waals surface area contributed by atoms with Gasteiger partial charge in [-0.2, -0.15) is 0 Å². The third-order valence-electron chi connectivity index (χ3n) is 4.80. The molecule has 1 heterocycles. The van der Waals surface area contributed by atoms with Crippen LogP contribution >= 0.6 is 0 Å². The summed E-state index contributed by atoms with van der Waals surface area (Å²) in [7, 11) is 2.28. The van der Waals surface area contributed by atoms with Gasteiger partial charge in [-0.05, 0) is 56.0 Å². The van der Waals surface area contributed by atoms with Crippen LogP contribution in [0, 0.1) is 5.41 Å². The molecule has 20 heavy (non-hydrogen) atoms. The van der Waals surface area contributed by atoms with Gasteiger partial charge >= 0.3 is 0 Å². The van der Waals surface area contributed by atoms with E-state index in [2.05, 4.69) is 55.2 Å². The lowest BCUT2D eigenvalue weighted by Gasteiger charge is -2.36. The van der Waals surface area contributed by atoms with Crippen molar-refractivity contribution in [1.29, 1.82) is 0 Å². The zero-order chi connectivity index (χ0) is 14.6. The molecule has 1 saturated carbocycles. The molecule has 1 aromatic rings. The molecule has 1 fully saturated rings. The van der Waals surface area contributed by atoms with E-state index in [-0.39, 0.29) is 0 Å². The first-order valence-corrected chi connectivity index (χ1v) is 7.87. The Hall–Kier alpha value is -0.930. The molecule has 1 N–H and O–H groups in total. The molecule has 2 rings (SSSR count). The van der Waals surface area contributed by atoms with Gasteiger partial charge in [0.15, 0.2) is 0 Å². The third kappa shape index (κ3) is 3.58. The zero-order valence-electron chi connectivity index (χ0n) is 13.4. The molecule has 1 aliphatic carbocycles. The molecule has 0 aromatic carbocycles. The summed E-state index contributed by atoms with van der Waals surface area (Å²) in [6.07, 6.45) is 7.49. The minimum Gasteiger partial charge on any atom is -0.312 e. The minimum absolute atomic E-state index is 0.408. The van der Waals surface area contributed by atoms with Gasteiger partial charge in [-0.3, -0.25) is 4.98 Å². The number of aromatic nitrogens is 1. The second kappa shape index (κ2) is 6.68. The van der Waals surface area contributed by atoms with Crippen LogP contribution in [0.25, 0.3) is 0 Å². The van der Waals surface area contributed by atoms with Crippen molar-refractivity contribution in [3.05, 3.63) is 30.1 Å². The van der Waals surface area contributed by atoms with Gasteiger partial charge in [-0.15, -0.1) is 0 Å². The van der Waals surface area contributed by atoms with E-state index >= 15 is 0 Å². The lowest BCUT2D eigenvalue weighted by molar-refractivity contribution is 0.174. The number of nitrogens with one attached hydrogen (secondary N) is 1. The van der Waals surface area contributed by atoms with Crippen LogP contribution in [0.3, 0.4) is 0 Å². The van der Waals surface area contributed by atoms with E-state index in [1.165, 1.54) is 18.4 Å². The van der Waals surface area contributed by atoms with Crippen LogP contribution in [0.5, 0.6) is 0 Å². The summed E-state index contributed by atoms with van der Waals surface area (Å²) in [5, 5.41) is 3.71. The van der Waals surface area contributed by atoms with Gasteiger partial charge in [0.25, 0.3) is 0 Å². The normalized spacial score (nSPS) is 25.2. The second-order valence-electron chi connectivity index (χ2n) is 6.72. The first-order chi connectivity index (χ1) is 9.54. The Kier molecular flexibility index (Phi) is 5.17. The quantitative estimate of drug-likeness (QED) is 0.865. The topological polar surface area (TPSA) is 28.2 Å². The van der Waals surface area contributed by atoms with Crippen molar-refractivity contribution in [3.63, 3.8) is 0 Å². The van der Waals surface area contributed by atoms with Crippen molar-refractivity contribution in [2.24, 2.45) is 5.41 Å². The number of rotatable bonds is 6. The molecule has 2 atom stereocenters. The highest BCUT2D eigenvalue weighted by molar-refractivity contribution is 5.10. The fourth-order valence-electron chi connectivity index (χ4n) is 3.49. The van der Waals surface area contributed by atoms with Crippen LogP contribution in [-0.2, 0) is 6.42 Å². The van der Waals surface area contributed by atoms with Crippen molar-refractivity contribution < 1.29 is 0 Å². The molecular formula is C17H29N3. The van der Waals surface area contributed by atoms with Crippen LogP contribution in [0.2, 0.25) is 0 Å². The summed E-state index contributed by atoms with van der Waals surface area (Å²) in [6.45, 7) is 9.19. The van der Waals surface area contributed by atoms with Gasteiger partial charge in [0.1, 0.15) is 0 Å². The summed E-state index contributed by atoms with van der Waals surface area (Å²) < 4.78 is 0. The summed E-state index contributed by atoms with van der Waals surface area (Å²) in [4.78, 5) is 6.63. The van der Waals surface area contributed by atoms with Crippen LogP contribution in [0.15, 0.2) is 24.5 Å². The Bertz CT molecular complexity index is 402. The van der Waals surface area contributed by atoms with Crippen LogP contribution in [-0.4, -0.2) is 42.1 Å². The maximum atomic E-state index is 4.08. The van der Waals surface area contributed by atoms with E-state index in [4.69, 9.17) is 0 Å². The Balaban J connectivity index is 1.93. The fraction of sp³-hybridized carbons (Fsp3) is 0.706. The average molecular weight is 275 g/mol. The van der Waals surface area contributed by atoms with E-state index < -0.39 is 0 Å². The smallest absolute Gasteiger partial charge is 0.0274 e. The Morgan fingerprint density at radius 1 is 1.35 bits per heavy atom. The zero-order valence-corrected chi connectivity index (χ0v) is 13.4. The van der Waals surface area contributed by atoms with Gasteiger partial charge in [0, 0.05) is 31.0 Å². The van der Waals surface area contributed by atoms with E-state index in [1.807, 2.05) is 12.4 Å². The minimum atomic E-state index is 0.408. The lowest BCUT2D eigenvalue weighted by Crippen LogP contribution is -2.51. The largest absolute Gasteiger partial charge is 0.312 e. The molecule has 1 aromatic heterocycles. The van der Waals surface area contributed by atoms with Crippen LogP contribution in [0.4, 0.5) is 0 Å². The third-order valence-corrected chi connectivity index (χ3v) is 4.80. The van der Waals surface area contributed by atoms with Crippen molar-refractivity contribution in [1.82, 2.24) is 15.2 Å². The highest BCUT2D eigenvalue weighted by Crippen LogP contribution is 2.39. The molecule has 0 radical (unpaired) electrons. The number of pyridine rings is 1. The lowest BCUT2D eigenvalue weighted by atomic mass is 9.86. The van der Waals surface area contributed by atoms with Crippen LogP contribution < -0.4 is 5.32 Å². The number of hydrogen-bond donors (Lipinski definition) is 1. The first-order valence-electron chi connectivity index (χ1n) is 7.87. The van der Waals surface area contributed by atoms with E-state index in [1.54, 1.807) is 0 Å². The maximum Gasteiger partial charge on any atom is 0.0274 e. The van der Waals surface area contributed by atoms with Crippen LogP contribution in [0.1, 0.15) is 39.2 Å². The molecule has 0 amide bonds. The van der Waals surface area contributed by atoms with E-state index in [0.29, 0.717) is 17.5 Å². The molecule has 0 bridgehead atoms. The predicted octanol–water partition coefficient (Wildman–Crippen LogP) is 2.72. The Morgan fingerprint density at radius 3 is 2.70 bits per heavy atom. The van der Waals surface area contributed by atoms with Gasteiger partial charge in [0.2, 0.25) is 0 Å². The molecule has 3 heteroatoms. The van der Waals surface area contributed by atoms with Gasteiger partial charge in [-0.1, -0.05) is 20.8 Å².